The molecule has 1 amide bonds. The van der Waals surface area contributed by atoms with Crippen molar-refractivity contribution in [2.45, 2.75) is 38.3 Å². The van der Waals surface area contributed by atoms with Gasteiger partial charge in [-0.15, -0.1) is 0 Å². The van der Waals surface area contributed by atoms with Crippen molar-refractivity contribution >= 4 is 5.91 Å². The molecule has 1 aromatic carbocycles. The van der Waals surface area contributed by atoms with E-state index in [0.29, 0.717) is 12.1 Å². The van der Waals surface area contributed by atoms with Crippen LogP contribution in [-0.2, 0) is 0 Å². The van der Waals surface area contributed by atoms with E-state index < -0.39 is 0 Å². The van der Waals surface area contributed by atoms with Crippen LogP contribution in [-0.4, -0.2) is 36.0 Å². The molecule has 0 unspecified atom stereocenters. The van der Waals surface area contributed by atoms with Gasteiger partial charge in [-0.3, -0.25) is 4.79 Å². The van der Waals surface area contributed by atoms with Crippen LogP contribution >= 0.6 is 0 Å². The maximum Gasteiger partial charge on any atom is 0.254 e. The molecule has 1 aromatic heterocycles. The van der Waals surface area contributed by atoms with Crippen molar-refractivity contribution in [3.05, 3.63) is 47.7 Å². The van der Waals surface area contributed by atoms with Gasteiger partial charge < -0.3 is 14.6 Å². The molecule has 1 N–H and O–H groups in total. The minimum absolute atomic E-state index is 0.159. The monoisotopic (exact) mass is 310 g/mol. The Bertz CT molecular complexity index is 708. The molecule has 0 radical (unpaired) electrons. The van der Waals surface area contributed by atoms with E-state index in [2.05, 4.69) is 10.2 Å². The first kappa shape index (κ1) is 14.5. The highest BCUT2D eigenvalue weighted by Crippen LogP contribution is 2.30. The minimum Gasteiger partial charge on any atom is -0.461 e. The maximum absolute atomic E-state index is 13.1. The van der Waals surface area contributed by atoms with E-state index in [1.54, 1.807) is 0 Å². The van der Waals surface area contributed by atoms with Crippen LogP contribution in [0, 0.1) is 6.92 Å². The molecule has 4 rings (SSSR count). The number of carbonyl (C=O) groups excluding carboxylic acids is 1. The van der Waals surface area contributed by atoms with Gasteiger partial charge in [0, 0.05) is 29.8 Å². The first-order valence-electron chi connectivity index (χ1n) is 8.42. The lowest BCUT2D eigenvalue weighted by atomic mass is 10.1. The number of benzene rings is 1. The van der Waals surface area contributed by atoms with Crippen molar-refractivity contribution < 1.29 is 9.21 Å². The van der Waals surface area contributed by atoms with E-state index in [4.69, 9.17) is 4.42 Å². The summed E-state index contributed by atoms with van der Waals surface area (Å²) in [5.74, 6) is 1.86. The fourth-order valence-electron chi connectivity index (χ4n) is 3.86. The summed E-state index contributed by atoms with van der Waals surface area (Å²) in [7, 11) is 0. The van der Waals surface area contributed by atoms with Crippen molar-refractivity contribution in [1.82, 2.24) is 10.2 Å². The van der Waals surface area contributed by atoms with E-state index >= 15 is 0 Å². The summed E-state index contributed by atoms with van der Waals surface area (Å²) in [6, 6.07) is 12.4. The van der Waals surface area contributed by atoms with E-state index in [0.717, 1.165) is 55.0 Å². The summed E-state index contributed by atoms with van der Waals surface area (Å²) in [4.78, 5) is 15.2. The highest BCUT2D eigenvalue weighted by atomic mass is 16.3. The maximum atomic E-state index is 13.1. The fraction of sp³-hybridized carbons (Fsp3) is 0.421. The molecular weight excluding hydrogens is 288 g/mol. The summed E-state index contributed by atoms with van der Waals surface area (Å²) < 4.78 is 5.69. The molecule has 4 heteroatoms. The highest BCUT2D eigenvalue weighted by molar-refractivity contribution is 5.96. The van der Waals surface area contributed by atoms with E-state index in [-0.39, 0.29) is 5.91 Å². The van der Waals surface area contributed by atoms with E-state index in [1.807, 2.05) is 43.3 Å². The minimum atomic E-state index is 0.159. The number of nitrogens with one attached hydrogen (secondary N) is 1. The summed E-state index contributed by atoms with van der Waals surface area (Å²) in [5.41, 5.74) is 1.72. The summed E-state index contributed by atoms with van der Waals surface area (Å²) in [6.45, 7) is 3.86. The molecule has 2 fully saturated rings. The summed E-state index contributed by atoms with van der Waals surface area (Å²) in [6.07, 6.45) is 3.30. The molecule has 0 aliphatic carbocycles. The largest absolute Gasteiger partial charge is 0.461 e. The van der Waals surface area contributed by atoms with Crippen LogP contribution in [0.2, 0.25) is 0 Å². The van der Waals surface area contributed by atoms with Crippen molar-refractivity contribution in [2.75, 3.05) is 13.1 Å². The first-order valence-corrected chi connectivity index (χ1v) is 8.42. The third-order valence-corrected chi connectivity index (χ3v) is 5.02. The smallest absolute Gasteiger partial charge is 0.254 e. The van der Waals surface area contributed by atoms with Crippen LogP contribution in [0.15, 0.2) is 40.8 Å². The molecular formula is C19H22N2O2. The Morgan fingerprint density at radius 3 is 2.87 bits per heavy atom. The molecule has 2 aliphatic rings. The van der Waals surface area contributed by atoms with Crippen LogP contribution < -0.4 is 5.32 Å². The SMILES string of the molecule is Cc1ccc(-c2cccc(C(=O)N3[C@H]4CCNC[C@@H]3CC4)c2)o1. The molecule has 2 atom stereocenters. The molecule has 2 saturated heterocycles. The molecule has 23 heavy (non-hydrogen) atoms. The second kappa shape index (κ2) is 5.85. The number of aryl methyl sites for hydroxylation is 1. The standard InChI is InChI=1S/C19H22N2O2/c1-13-5-8-18(23-13)14-3-2-4-15(11-14)19(22)21-16-6-7-17(21)12-20-10-9-16/h2-5,8,11,16-17,20H,6-7,9-10,12H2,1H3/t16-,17+/m1/s1. The van der Waals surface area contributed by atoms with Crippen molar-refractivity contribution in [3.63, 3.8) is 0 Å². The molecule has 0 saturated carbocycles. The van der Waals surface area contributed by atoms with Gasteiger partial charge in [0.1, 0.15) is 11.5 Å². The molecule has 2 aliphatic heterocycles. The van der Waals surface area contributed by atoms with Gasteiger partial charge in [-0.25, -0.2) is 0 Å². The number of amides is 1. The number of furan rings is 1. The average molecular weight is 310 g/mol. The molecule has 2 aromatic rings. The fourth-order valence-corrected chi connectivity index (χ4v) is 3.86. The molecule has 120 valence electrons. The van der Waals surface area contributed by atoms with Crippen LogP contribution in [0.4, 0.5) is 0 Å². The van der Waals surface area contributed by atoms with Gasteiger partial charge in [0.15, 0.2) is 0 Å². The second-order valence-corrected chi connectivity index (χ2v) is 6.58. The number of hydrogen-bond acceptors (Lipinski definition) is 3. The van der Waals surface area contributed by atoms with Gasteiger partial charge in [0.2, 0.25) is 0 Å². The Morgan fingerprint density at radius 1 is 1.17 bits per heavy atom. The van der Waals surface area contributed by atoms with Gasteiger partial charge in [-0.05, 0) is 57.0 Å². The van der Waals surface area contributed by atoms with Gasteiger partial charge >= 0.3 is 0 Å². The summed E-state index contributed by atoms with van der Waals surface area (Å²) >= 11 is 0. The molecule has 4 nitrogen and oxygen atoms in total. The van der Waals surface area contributed by atoms with Crippen molar-refractivity contribution in [2.24, 2.45) is 0 Å². The number of rotatable bonds is 2. The predicted molar refractivity (Wildman–Crippen MR) is 89.3 cm³/mol. The molecule has 3 heterocycles. The Kier molecular flexibility index (Phi) is 3.69. The Morgan fingerprint density at radius 2 is 2.04 bits per heavy atom. The lowest BCUT2D eigenvalue weighted by Gasteiger charge is -2.28. The highest BCUT2D eigenvalue weighted by Gasteiger charge is 2.38. The second-order valence-electron chi connectivity index (χ2n) is 6.58. The third kappa shape index (κ3) is 2.68. The zero-order valence-corrected chi connectivity index (χ0v) is 13.4. The number of hydrogen-bond donors (Lipinski definition) is 1. The van der Waals surface area contributed by atoms with Gasteiger partial charge in [-0.1, -0.05) is 12.1 Å². The third-order valence-electron chi connectivity index (χ3n) is 5.02. The van der Waals surface area contributed by atoms with Crippen molar-refractivity contribution in [1.29, 1.82) is 0 Å². The number of fused-ring (bicyclic) bond motifs is 2. The van der Waals surface area contributed by atoms with Gasteiger partial charge in [0.25, 0.3) is 5.91 Å². The lowest BCUT2D eigenvalue weighted by Crippen LogP contribution is -2.42. The average Bonchev–Trinajstić information content (AvgIpc) is 3.09. The first-order chi connectivity index (χ1) is 11.2. The van der Waals surface area contributed by atoms with Crippen molar-refractivity contribution in [3.8, 4) is 11.3 Å². The Hall–Kier alpha value is -2.07. The Balaban J connectivity index is 1.64. The van der Waals surface area contributed by atoms with Crippen LogP contribution in [0.5, 0.6) is 0 Å². The Labute approximate surface area is 136 Å². The normalized spacial score (nSPS) is 23.8. The zero-order valence-electron chi connectivity index (χ0n) is 13.4. The number of nitrogens with zero attached hydrogens (tertiary/aromatic N) is 1. The van der Waals surface area contributed by atoms with Crippen LogP contribution in [0.25, 0.3) is 11.3 Å². The molecule has 0 spiro atoms. The zero-order chi connectivity index (χ0) is 15.8. The van der Waals surface area contributed by atoms with Gasteiger partial charge in [0.05, 0.1) is 0 Å². The van der Waals surface area contributed by atoms with Crippen LogP contribution in [0.3, 0.4) is 0 Å². The number of carbonyl (C=O) groups is 1. The molecule has 2 bridgehead atoms. The topological polar surface area (TPSA) is 45.5 Å². The van der Waals surface area contributed by atoms with Crippen LogP contribution in [0.1, 0.15) is 35.4 Å². The van der Waals surface area contributed by atoms with E-state index in [1.165, 1.54) is 0 Å². The van der Waals surface area contributed by atoms with E-state index in [9.17, 15) is 4.79 Å². The summed E-state index contributed by atoms with van der Waals surface area (Å²) in [5, 5.41) is 3.45. The predicted octanol–water partition coefficient (Wildman–Crippen LogP) is 3.22. The quantitative estimate of drug-likeness (QED) is 0.926. The van der Waals surface area contributed by atoms with Gasteiger partial charge in [-0.2, -0.15) is 0 Å². The lowest BCUT2D eigenvalue weighted by molar-refractivity contribution is 0.0680.